The molecule has 2 aliphatic carbocycles. The molecule has 0 aliphatic heterocycles. The van der Waals surface area contributed by atoms with Crippen LogP contribution < -0.4 is 0 Å². The van der Waals surface area contributed by atoms with E-state index < -0.39 is 6.10 Å². The highest BCUT2D eigenvalue weighted by Gasteiger charge is 2.25. The van der Waals surface area contributed by atoms with Crippen LogP contribution in [0.4, 0.5) is 0 Å². The summed E-state index contributed by atoms with van der Waals surface area (Å²) in [7, 11) is 0. The molecule has 1 N–H and O–H groups in total. The van der Waals surface area contributed by atoms with Gasteiger partial charge in [0.2, 0.25) is 0 Å². The molecule has 0 aromatic carbocycles. The molecule has 0 aromatic heterocycles. The Bertz CT molecular complexity index is 308. The maximum absolute atomic E-state index is 11.4. The fraction of sp³-hybridized carbons (Fsp3) is 0.300. The molecule has 0 aromatic rings. The number of carbonyl (C=O) groups excluding carboxylic acids is 1. The molecule has 62 valence electrons. The Hall–Kier alpha value is -1.15. The van der Waals surface area contributed by atoms with E-state index in [0.717, 1.165) is 12.0 Å². The second-order valence-electron chi connectivity index (χ2n) is 3.06. The Balaban J connectivity index is 2.42. The number of Topliss-reactive ketones (excluding diaryl/α,β-unsaturated/α-hetero) is 1. The van der Waals surface area contributed by atoms with Crippen LogP contribution >= 0.6 is 0 Å². The number of allylic oxidation sites excluding steroid dienone is 4. The fourth-order valence-corrected chi connectivity index (χ4v) is 1.55. The van der Waals surface area contributed by atoms with E-state index in [1.165, 1.54) is 0 Å². The Labute approximate surface area is 70.9 Å². The van der Waals surface area contributed by atoms with Crippen molar-refractivity contribution in [2.24, 2.45) is 0 Å². The molecule has 0 fully saturated rings. The molecule has 0 bridgehead atoms. The third-order valence-electron chi connectivity index (χ3n) is 2.24. The van der Waals surface area contributed by atoms with E-state index in [0.29, 0.717) is 12.0 Å². The predicted octanol–water partition coefficient (Wildman–Crippen LogP) is 1.13. The lowest BCUT2D eigenvalue weighted by molar-refractivity contribution is -0.123. The Morgan fingerprint density at radius 3 is 3.17 bits per heavy atom. The van der Waals surface area contributed by atoms with Crippen molar-refractivity contribution in [3.05, 3.63) is 35.5 Å². The summed E-state index contributed by atoms with van der Waals surface area (Å²) in [6.07, 6.45) is 8.08. The smallest absolute Gasteiger partial charge is 0.191 e. The van der Waals surface area contributed by atoms with Gasteiger partial charge in [-0.25, -0.2) is 0 Å². The number of rotatable bonds is 0. The van der Waals surface area contributed by atoms with E-state index >= 15 is 0 Å². The van der Waals surface area contributed by atoms with E-state index in [4.69, 9.17) is 0 Å². The largest absolute Gasteiger partial charge is 0.385 e. The van der Waals surface area contributed by atoms with Crippen molar-refractivity contribution in [2.75, 3.05) is 0 Å². The second kappa shape index (κ2) is 2.72. The van der Waals surface area contributed by atoms with Gasteiger partial charge in [-0.05, 0) is 18.4 Å². The summed E-state index contributed by atoms with van der Waals surface area (Å²) in [5.74, 6) is -0.128. The molecule has 0 saturated heterocycles. The SMILES string of the molecule is O=C1C2=CC=CCC2=CCC1O. The van der Waals surface area contributed by atoms with Crippen molar-refractivity contribution < 1.29 is 9.90 Å². The molecular weight excluding hydrogens is 152 g/mol. The minimum atomic E-state index is -0.813. The predicted molar refractivity (Wildman–Crippen MR) is 45.6 cm³/mol. The molecule has 1 atom stereocenters. The van der Waals surface area contributed by atoms with Crippen LogP contribution in [-0.4, -0.2) is 17.0 Å². The van der Waals surface area contributed by atoms with Crippen molar-refractivity contribution in [3.63, 3.8) is 0 Å². The van der Waals surface area contributed by atoms with E-state index in [9.17, 15) is 9.90 Å². The van der Waals surface area contributed by atoms with Gasteiger partial charge in [-0.3, -0.25) is 4.79 Å². The zero-order chi connectivity index (χ0) is 8.55. The van der Waals surface area contributed by atoms with E-state index in [1.54, 1.807) is 6.08 Å². The van der Waals surface area contributed by atoms with Gasteiger partial charge in [0.1, 0.15) is 6.10 Å². The average Bonchev–Trinajstić information content (AvgIpc) is 2.12. The molecule has 2 nitrogen and oxygen atoms in total. The third-order valence-corrected chi connectivity index (χ3v) is 2.24. The third kappa shape index (κ3) is 1.04. The van der Waals surface area contributed by atoms with Crippen molar-refractivity contribution in [1.82, 2.24) is 0 Å². The summed E-state index contributed by atoms with van der Waals surface area (Å²) in [4.78, 5) is 11.4. The first kappa shape index (κ1) is 7.50. The number of carbonyl (C=O) groups is 1. The Morgan fingerprint density at radius 1 is 1.50 bits per heavy atom. The molecule has 0 saturated carbocycles. The lowest BCUT2D eigenvalue weighted by Crippen LogP contribution is -2.26. The first-order valence-electron chi connectivity index (χ1n) is 4.07. The molecule has 2 heteroatoms. The van der Waals surface area contributed by atoms with Crippen molar-refractivity contribution in [2.45, 2.75) is 18.9 Å². The van der Waals surface area contributed by atoms with Gasteiger partial charge < -0.3 is 5.11 Å². The van der Waals surface area contributed by atoms with Gasteiger partial charge in [0.05, 0.1) is 0 Å². The zero-order valence-electron chi connectivity index (χ0n) is 6.66. The molecule has 0 amide bonds. The van der Waals surface area contributed by atoms with E-state index in [1.807, 2.05) is 18.2 Å². The van der Waals surface area contributed by atoms with Gasteiger partial charge in [0, 0.05) is 5.57 Å². The first-order chi connectivity index (χ1) is 5.79. The number of ketones is 1. The van der Waals surface area contributed by atoms with Crippen LogP contribution in [0.25, 0.3) is 0 Å². The number of hydrogen-bond donors (Lipinski definition) is 1. The quantitative estimate of drug-likeness (QED) is 0.579. The highest BCUT2D eigenvalue weighted by atomic mass is 16.3. The number of hydrogen-bond acceptors (Lipinski definition) is 2. The number of aliphatic hydroxyl groups excluding tert-OH is 1. The summed E-state index contributed by atoms with van der Waals surface area (Å²) in [5, 5.41) is 9.26. The number of aliphatic hydroxyl groups is 1. The van der Waals surface area contributed by atoms with Crippen LogP contribution in [0.3, 0.4) is 0 Å². The van der Waals surface area contributed by atoms with Crippen molar-refractivity contribution in [3.8, 4) is 0 Å². The van der Waals surface area contributed by atoms with Gasteiger partial charge in [0.25, 0.3) is 0 Å². The Kier molecular flexibility index (Phi) is 1.70. The lowest BCUT2D eigenvalue weighted by atomic mass is 9.86. The summed E-state index contributed by atoms with van der Waals surface area (Å²) < 4.78 is 0. The van der Waals surface area contributed by atoms with Crippen LogP contribution in [0.5, 0.6) is 0 Å². The summed E-state index contributed by atoms with van der Waals surface area (Å²) in [5.41, 5.74) is 1.75. The highest BCUT2D eigenvalue weighted by Crippen LogP contribution is 2.26. The molecule has 2 aliphatic rings. The number of fused-ring (bicyclic) bond motifs is 1. The molecule has 0 heterocycles. The fourth-order valence-electron chi connectivity index (χ4n) is 1.55. The highest BCUT2D eigenvalue weighted by molar-refractivity contribution is 6.04. The molecule has 2 rings (SSSR count). The average molecular weight is 162 g/mol. The van der Waals surface area contributed by atoms with Crippen molar-refractivity contribution >= 4 is 5.78 Å². The Morgan fingerprint density at radius 2 is 2.33 bits per heavy atom. The lowest BCUT2D eigenvalue weighted by Gasteiger charge is -2.20. The van der Waals surface area contributed by atoms with Crippen LogP contribution in [0, 0.1) is 0 Å². The van der Waals surface area contributed by atoms with Crippen LogP contribution in [0.15, 0.2) is 35.5 Å². The van der Waals surface area contributed by atoms with Gasteiger partial charge >= 0.3 is 0 Å². The van der Waals surface area contributed by atoms with Crippen molar-refractivity contribution in [1.29, 1.82) is 0 Å². The summed E-state index contributed by atoms with van der Waals surface area (Å²) in [6, 6.07) is 0. The minimum absolute atomic E-state index is 0.128. The van der Waals surface area contributed by atoms with Gasteiger partial charge in [-0.15, -0.1) is 0 Å². The van der Waals surface area contributed by atoms with E-state index in [-0.39, 0.29) is 5.78 Å². The van der Waals surface area contributed by atoms with Gasteiger partial charge in [0.15, 0.2) is 5.78 Å². The van der Waals surface area contributed by atoms with Crippen LogP contribution in [0.2, 0.25) is 0 Å². The monoisotopic (exact) mass is 162 g/mol. The molecule has 0 radical (unpaired) electrons. The molecular formula is C10H10O2. The maximum atomic E-state index is 11.4. The second-order valence-corrected chi connectivity index (χ2v) is 3.06. The minimum Gasteiger partial charge on any atom is -0.385 e. The first-order valence-corrected chi connectivity index (χ1v) is 4.07. The van der Waals surface area contributed by atoms with Crippen LogP contribution in [-0.2, 0) is 4.79 Å². The van der Waals surface area contributed by atoms with E-state index in [2.05, 4.69) is 0 Å². The summed E-state index contributed by atoms with van der Waals surface area (Å²) in [6.45, 7) is 0. The molecule has 0 spiro atoms. The van der Waals surface area contributed by atoms with Crippen LogP contribution in [0.1, 0.15) is 12.8 Å². The topological polar surface area (TPSA) is 37.3 Å². The zero-order valence-corrected chi connectivity index (χ0v) is 6.66. The summed E-state index contributed by atoms with van der Waals surface area (Å²) >= 11 is 0. The molecule has 12 heavy (non-hydrogen) atoms. The standard InChI is InChI=1S/C10H10O2/c11-9-6-5-7-3-1-2-4-8(7)10(9)12/h1-2,4-5,9,11H,3,6H2. The van der Waals surface area contributed by atoms with Gasteiger partial charge in [-0.1, -0.05) is 24.3 Å². The molecule has 1 unspecified atom stereocenters. The van der Waals surface area contributed by atoms with Gasteiger partial charge in [-0.2, -0.15) is 0 Å². The maximum Gasteiger partial charge on any atom is 0.191 e. The normalized spacial score (nSPS) is 27.8.